The Morgan fingerprint density at radius 3 is 1.02 bits per heavy atom. The molecule has 0 aromatic heterocycles. The van der Waals surface area contributed by atoms with Crippen LogP contribution >= 0.6 is 0 Å². The summed E-state index contributed by atoms with van der Waals surface area (Å²) in [5.41, 5.74) is 0. The zero-order valence-corrected chi connectivity index (χ0v) is 26.8. The molecule has 2 amide bonds. The van der Waals surface area contributed by atoms with Crippen LogP contribution in [0.25, 0.3) is 0 Å². The molecule has 45 heavy (non-hydrogen) atoms. The third kappa shape index (κ3) is 26.8. The third-order valence-electron chi connectivity index (χ3n) is 5.65. The minimum Gasteiger partial charge on any atom is -0.463 e. The average Bonchev–Trinajstić information content (AvgIpc) is 3.35. The molecular weight excluding hydrogens is 598 g/mol. The number of hydrogen-bond acceptors (Lipinski definition) is 14. The topological polar surface area (TPSA) is 156 Å². The molecule has 0 bridgehead atoms. The molecular formula is C30H53NO14. The highest BCUT2D eigenvalue weighted by Crippen LogP contribution is 2.02. The molecule has 262 valence electrons. The molecule has 1 aliphatic heterocycles. The van der Waals surface area contributed by atoms with Crippen molar-refractivity contribution in [1.29, 1.82) is 0 Å². The van der Waals surface area contributed by atoms with Gasteiger partial charge in [-0.25, -0.2) is 0 Å². The number of rotatable bonds is 35. The molecule has 1 heterocycles. The molecule has 0 fully saturated rings. The molecule has 0 saturated heterocycles. The minimum absolute atomic E-state index is 0.194. The normalized spacial score (nSPS) is 13.0. The van der Waals surface area contributed by atoms with Crippen molar-refractivity contribution < 1.29 is 66.5 Å². The molecule has 0 aromatic carbocycles. The lowest BCUT2D eigenvalue weighted by atomic mass is 10.3. The summed E-state index contributed by atoms with van der Waals surface area (Å²) in [7, 11) is 0. The number of nitrogens with zero attached hydrogens (tertiary/aromatic N) is 1. The van der Waals surface area contributed by atoms with Crippen molar-refractivity contribution in [2.45, 2.75) is 19.8 Å². The number of imide groups is 1. The van der Waals surface area contributed by atoms with Crippen LogP contribution in [0, 0.1) is 0 Å². The molecule has 15 heteroatoms. The van der Waals surface area contributed by atoms with Gasteiger partial charge in [0.15, 0.2) is 0 Å². The highest BCUT2D eigenvalue weighted by molar-refractivity contribution is 6.12. The summed E-state index contributed by atoms with van der Waals surface area (Å²) in [5, 5.41) is 0. The molecule has 0 aromatic rings. The van der Waals surface area contributed by atoms with Crippen molar-refractivity contribution in [2.24, 2.45) is 0 Å². The largest absolute Gasteiger partial charge is 0.463 e. The van der Waals surface area contributed by atoms with Gasteiger partial charge in [-0.2, -0.15) is 0 Å². The van der Waals surface area contributed by atoms with Crippen molar-refractivity contribution in [3.05, 3.63) is 12.2 Å². The Hall–Kier alpha value is -2.05. The van der Waals surface area contributed by atoms with Crippen LogP contribution in [0.1, 0.15) is 19.8 Å². The molecule has 0 N–H and O–H groups in total. The quantitative estimate of drug-likeness (QED) is 0.0528. The van der Waals surface area contributed by atoms with Gasteiger partial charge in [-0.05, 0) is 6.42 Å². The number of hydrogen-bond donors (Lipinski definition) is 0. The maximum absolute atomic E-state index is 11.4. The van der Waals surface area contributed by atoms with Gasteiger partial charge >= 0.3 is 5.97 Å². The lowest BCUT2D eigenvalue weighted by Gasteiger charge is -2.13. The SMILES string of the molecule is CCCC(=O)OCCOCCOCCOCCOCCOCCOCCOCCOCCOCCOCCN1C(=O)C=CC1=O. The summed E-state index contributed by atoms with van der Waals surface area (Å²) in [4.78, 5) is 35.1. The van der Waals surface area contributed by atoms with Gasteiger partial charge in [0, 0.05) is 18.6 Å². The van der Waals surface area contributed by atoms with Crippen LogP contribution in [0.4, 0.5) is 0 Å². The monoisotopic (exact) mass is 651 g/mol. The Morgan fingerprint density at radius 2 is 0.733 bits per heavy atom. The Kier molecular flexibility index (Phi) is 29.1. The van der Waals surface area contributed by atoms with E-state index in [0.29, 0.717) is 132 Å². The van der Waals surface area contributed by atoms with E-state index in [1.54, 1.807) is 0 Å². The molecule has 0 unspecified atom stereocenters. The number of amides is 2. The number of carbonyl (C=O) groups excluding carboxylic acids is 3. The predicted molar refractivity (Wildman–Crippen MR) is 160 cm³/mol. The summed E-state index contributed by atoms with van der Waals surface area (Å²) in [5.74, 6) is -0.812. The lowest BCUT2D eigenvalue weighted by molar-refractivity contribution is -0.145. The first-order valence-electron chi connectivity index (χ1n) is 15.6. The van der Waals surface area contributed by atoms with Crippen molar-refractivity contribution in [3.8, 4) is 0 Å². The van der Waals surface area contributed by atoms with E-state index in [2.05, 4.69) is 0 Å². The smallest absolute Gasteiger partial charge is 0.305 e. The minimum atomic E-state index is -0.309. The molecule has 0 aliphatic carbocycles. The molecule has 0 saturated carbocycles. The van der Waals surface area contributed by atoms with Crippen molar-refractivity contribution in [1.82, 2.24) is 4.90 Å². The first-order valence-corrected chi connectivity index (χ1v) is 15.6. The number of esters is 1. The van der Waals surface area contributed by atoms with Gasteiger partial charge in [0.2, 0.25) is 0 Å². The molecule has 1 aliphatic rings. The second-order valence-electron chi connectivity index (χ2n) is 9.26. The van der Waals surface area contributed by atoms with Gasteiger partial charge in [-0.1, -0.05) is 6.92 Å². The second kappa shape index (κ2) is 31.9. The Labute approximate surface area is 266 Å². The summed E-state index contributed by atoms with van der Waals surface area (Å²) in [6, 6.07) is 0. The van der Waals surface area contributed by atoms with E-state index in [9.17, 15) is 14.4 Å². The summed E-state index contributed by atoms with van der Waals surface area (Å²) >= 11 is 0. The molecule has 0 radical (unpaired) electrons. The van der Waals surface area contributed by atoms with Crippen LogP contribution in [0.2, 0.25) is 0 Å². The maximum Gasteiger partial charge on any atom is 0.305 e. The highest BCUT2D eigenvalue weighted by Gasteiger charge is 2.22. The first-order chi connectivity index (χ1) is 22.1. The predicted octanol–water partition coefficient (Wildman–Crippen LogP) is 0.421. The van der Waals surface area contributed by atoms with Gasteiger partial charge in [0.1, 0.15) is 6.61 Å². The van der Waals surface area contributed by atoms with Gasteiger partial charge in [-0.3, -0.25) is 19.3 Å². The van der Waals surface area contributed by atoms with E-state index in [1.165, 1.54) is 12.2 Å². The van der Waals surface area contributed by atoms with E-state index in [0.717, 1.165) is 11.3 Å². The van der Waals surface area contributed by atoms with Crippen LogP contribution in [0.15, 0.2) is 12.2 Å². The average molecular weight is 652 g/mol. The second-order valence-corrected chi connectivity index (χ2v) is 9.26. The maximum atomic E-state index is 11.4. The standard InChI is InChI=1S/C30H53NO14/c1-2-3-30(34)45-27-26-44-25-24-43-23-22-42-21-20-41-19-18-40-17-16-39-15-14-38-13-12-37-11-10-36-9-8-35-7-6-31-28(32)4-5-29(31)33/h4-5H,2-3,6-27H2,1H3. The van der Waals surface area contributed by atoms with E-state index in [4.69, 9.17) is 52.1 Å². The fraction of sp³-hybridized carbons (Fsp3) is 0.833. The molecule has 15 nitrogen and oxygen atoms in total. The molecule has 0 spiro atoms. The van der Waals surface area contributed by atoms with Gasteiger partial charge < -0.3 is 52.1 Å². The van der Waals surface area contributed by atoms with E-state index < -0.39 is 0 Å². The number of carbonyl (C=O) groups is 3. The van der Waals surface area contributed by atoms with Crippen molar-refractivity contribution in [2.75, 3.05) is 145 Å². The van der Waals surface area contributed by atoms with Crippen LogP contribution in [0.3, 0.4) is 0 Å². The van der Waals surface area contributed by atoms with Crippen molar-refractivity contribution in [3.63, 3.8) is 0 Å². The van der Waals surface area contributed by atoms with Gasteiger partial charge in [0.25, 0.3) is 11.8 Å². The Balaban J connectivity index is 1.63. The van der Waals surface area contributed by atoms with Crippen molar-refractivity contribution >= 4 is 17.8 Å². The lowest BCUT2D eigenvalue weighted by Crippen LogP contribution is -2.33. The first kappa shape index (κ1) is 41.0. The van der Waals surface area contributed by atoms with E-state index >= 15 is 0 Å². The van der Waals surface area contributed by atoms with E-state index in [1.807, 2.05) is 6.92 Å². The molecule has 1 rings (SSSR count). The zero-order chi connectivity index (χ0) is 32.5. The summed E-state index contributed by atoms with van der Waals surface area (Å²) in [6.07, 6.45) is 3.72. The fourth-order valence-corrected chi connectivity index (χ4v) is 3.38. The van der Waals surface area contributed by atoms with Crippen LogP contribution in [-0.2, 0) is 66.5 Å². The van der Waals surface area contributed by atoms with Gasteiger partial charge in [-0.15, -0.1) is 0 Å². The number of ether oxygens (including phenoxy) is 11. The summed E-state index contributed by atoms with van der Waals surface area (Å²) in [6.45, 7) is 11.4. The zero-order valence-electron chi connectivity index (χ0n) is 26.8. The molecule has 0 atom stereocenters. The Bertz CT molecular complexity index is 736. The van der Waals surface area contributed by atoms with Crippen LogP contribution < -0.4 is 0 Å². The van der Waals surface area contributed by atoms with E-state index in [-0.39, 0.29) is 37.5 Å². The Morgan fingerprint density at radius 1 is 0.467 bits per heavy atom. The fourth-order valence-electron chi connectivity index (χ4n) is 3.38. The van der Waals surface area contributed by atoms with Crippen LogP contribution in [0.5, 0.6) is 0 Å². The van der Waals surface area contributed by atoms with Gasteiger partial charge in [0.05, 0.1) is 139 Å². The highest BCUT2D eigenvalue weighted by atomic mass is 16.6. The third-order valence-corrected chi connectivity index (χ3v) is 5.65. The summed E-state index contributed by atoms with van der Waals surface area (Å²) < 4.78 is 59.1. The van der Waals surface area contributed by atoms with Crippen LogP contribution in [-0.4, -0.2) is 168 Å².